The Morgan fingerprint density at radius 3 is 2.22 bits per heavy atom. The maximum absolute atomic E-state index is 4.77. The molecule has 1 aliphatic heterocycles. The van der Waals surface area contributed by atoms with Gasteiger partial charge in [0.1, 0.15) is 6.33 Å². The third-order valence-electron chi connectivity index (χ3n) is 8.56. The van der Waals surface area contributed by atoms with Crippen LogP contribution in [0.3, 0.4) is 0 Å². The molecule has 4 aliphatic rings. The molecule has 2 aromatic carbocycles. The van der Waals surface area contributed by atoms with Crippen LogP contribution in [-0.2, 0) is 5.41 Å². The van der Waals surface area contributed by atoms with Crippen molar-refractivity contribution in [1.82, 2.24) is 20.3 Å². The molecule has 3 aromatic rings. The van der Waals surface area contributed by atoms with Gasteiger partial charge in [0.15, 0.2) is 0 Å². The molecule has 0 atom stereocenters. The van der Waals surface area contributed by atoms with Gasteiger partial charge in [-0.05, 0) is 47.9 Å². The quantitative estimate of drug-likeness (QED) is 0.432. The minimum absolute atomic E-state index is 0.0714. The molecule has 3 aliphatic carbocycles. The first-order valence-corrected chi connectivity index (χ1v) is 13.6. The van der Waals surface area contributed by atoms with E-state index in [9.17, 15) is 0 Å². The second-order valence-corrected chi connectivity index (χ2v) is 10.6. The summed E-state index contributed by atoms with van der Waals surface area (Å²) in [5, 5.41) is 4.01. The second-order valence-electron chi connectivity index (χ2n) is 10.6. The van der Waals surface area contributed by atoms with E-state index in [4.69, 9.17) is 4.98 Å². The van der Waals surface area contributed by atoms with Crippen LogP contribution in [0.15, 0.2) is 80.2 Å². The first-order chi connectivity index (χ1) is 18.2. The lowest BCUT2D eigenvalue weighted by molar-refractivity contribution is 0.317. The van der Waals surface area contributed by atoms with Gasteiger partial charge in [-0.1, -0.05) is 60.7 Å². The van der Waals surface area contributed by atoms with Gasteiger partial charge < -0.3 is 15.1 Å². The van der Waals surface area contributed by atoms with Crippen molar-refractivity contribution in [2.24, 2.45) is 0 Å². The molecule has 190 valence electrons. The lowest BCUT2D eigenvalue weighted by Crippen LogP contribution is -2.51. The standard InChI is InChI=1S/C31H36N6/c1-3-17-36(18-4-2)29-33-22-34-30(35-29)37-19-14-23(15-20-37)32-21-31-16-13-24(25-9-5-7-11-27(25)31)26-10-6-8-12-28(26)31/h3-12,22-24,32H,1-2,13-21H2. The molecule has 6 nitrogen and oxygen atoms in total. The molecule has 1 saturated heterocycles. The van der Waals surface area contributed by atoms with Crippen LogP contribution in [0.4, 0.5) is 11.9 Å². The van der Waals surface area contributed by atoms with Crippen LogP contribution < -0.4 is 15.1 Å². The number of hydrogen-bond donors (Lipinski definition) is 1. The number of fused-ring (bicyclic) bond motifs is 1. The number of anilines is 2. The molecule has 6 heteroatoms. The fraction of sp³-hybridized carbons (Fsp3) is 0.387. The molecule has 0 radical (unpaired) electrons. The van der Waals surface area contributed by atoms with Crippen LogP contribution in [-0.4, -0.2) is 53.7 Å². The van der Waals surface area contributed by atoms with Crippen LogP contribution in [0.5, 0.6) is 0 Å². The highest BCUT2D eigenvalue weighted by atomic mass is 15.3. The molecule has 37 heavy (non-hydrogen) atoms. The van der Waals surface area contributed by atoms with Gasteiger partial charge in [-0.3, -0.25) is 0 Å². The average molecular weight is 493 g/mol. The van der Waals surface area contributed by atoms with E-state index in [0.717, 1.165) is 38.4 Å². The van der Waals surface area contributed by atoms with Gasteiger partial charge in [-0.2, -0.15) is 4.98 Å². The van der Waals surface area contributed by atoms with Gasteiger partial charge in [-0.25, -0.2) is 9.97 Å². The summed E-state index contributed by atoms with van der Waals surface area (Å²) in [4.78, 5) is 18.0. The molecule has 1 fully saturated rings. The monoisotopic (exact) mass is 492 g/mol. The van der Waals surface area contributed by atoms with Crippen molar-refractivity contribution in [2.45, 2.75) is 43.1 Å². The Balaban J connectivity index is 1.15. The minimum Gasteiger partial charge on any atom is -0.341 e. The molecule has 0 saturated carbocycles. The lowest BCUT2D eigenvalue weighted by Gasteiger charge is -2.50. The summed E-state index contributed by atoms with van der Waals surface area (Å²) in [6.45, 7) is 11.9. The van der Waals surface area contributed by atoms with E-state index in [-0.39, 0.29) is 5.41 Å². The first-order valence-electron chi connectivity index (χ1n) is 13.6. The second kappa shape index (κ2) is 10.1. The van der Waals surface area contributed by atoms with Crippen LogP contribution in [0, 0.1) is 0 Å². The normalized spacial score (nSPS) is 22.3. The van der Waals surface area contributed by atoms with Crippen molar-refractivity contribution >= 4 is 11.9 Å². The fourth-order valence-corrected chi connectivity index (χ4v) is 6.77. The zero-order valence-corrected chi connectivity index (χ0v) is 21.5. The van der Waals surface area contributed by atoms with Crippen molar-refractivity contribution in [2.75, 3.05) is 42.5 Å². The number of nitrogens with one attached hydrogen (secondary N) is 1. The Hall–Kier alpha value is -3.51. The first kappa shape index (κ1) is 23.9. The molecule has 1 aromatic heterocycles. The maximum atomic E-state index is 4.77. The van der Waals surface area contributed by atoms with Crippen LogP contribution in [0.25, 0.3) is 0 Å². The smallest absolute Gasteiger partial charge is 0.230 e. The largest absolute Gasteiger partial charge is 0.341 e. The maximum Gasteiger partial charge on any atom is 0.230 e. The zero-order valence-electron chi connectivity index (χ0n) is 21.5. The summed E-state index contributed by atoms with van der Waals surface area (Å²) in [6.07, 6.45) is 9.95. The fourth-order valence-electron chi connectivity index (χ4n) is 6.77. The van der Waals surface area contributed by atoms with E-state index in [1.54, 1.807) is 6.33 Å². The summed E-state index contributed by atoms with van der Waals surface area (Å²) in [5.74, 6) is 1.99. The lowest BCUT2D eigenvalue weighted by atomic mass is 9.55. The van der Waals surface area contributed by atoms with Crippen LogP contribution in [0.2, 0.25) is 0 Å². The Labute approximate surface area is 220 Å². The SMILES string of the molecule is C=CCN(CC=C)c1ncnc(N2CCC(NCC34CCC(c5ccccc53)c3ccccc34)CC2)n1. The molecule has 1 N–H and O–H groups in total. The Morgan fingerprint density at radius 1 is 0.919 bits per heavy atom. The number of piperidine rings is 1. The van der Waals surface area contributed by atoms with Gasteiger partial charge in [-0.15, -0.1) is 13.2 Å². The van der Waals surface area contributed by atoms with Gasteiger partial charge in [0.05, 0.1) is 0 Å². The van der Waals surface area contributed by atoms with E-state index in [0.29, 0.717) is 31.0 Å². The van der Waals surface area contributed by atoms with Gasteiger partial charge >= 0.3 is 0 Å². The van der Waals surface area contributed by atoms with Crippen molar-refractivity contribution in [1.29, 1.82) is 0 Å². The minimum atomic E-state index is 0.0714. The van der Waals surface area contributed by atoms with E-state index >= 15 is 0 Å². The number of hydrogen-bond acceptors (Lipinski definition) is 6. The topological polar surface area (TPSA) is 57.2 Å². The van der Waals surface area contributed by atoms with Gasteiger partial charge in [0, 0.05) is 50.1 Å². The van der Waals surface area contributed by atoms with E-state index in [2.05, 4.69) is 81.9 Å². The van der Waals surface area contributed by atoms with E-state index < -0.39 is 0 Å². The molecule has 2 heterocycles. The predicted octanol–water partition coefficient (Wildman–Crippen LogP) is 4.83. The van der Waals surface area contributed by atoms with Gasteiger partial charge in [0.2, 0.25) is 11.9 Å². The van der Waals surface area contributed by atoms with Crippen molar-refractivity contribution in [3.8, 4) is 0 Å². The predicted molar refractivity (Wildman–Crippen MR) is 150 cm³/mol. The number of rotatable bonds is 9. The molecule has 2 bridgehead atoms. The van der Waals surface area contributed by atoms with Crippen molar-refractivity contribution in [3.63, 3.8) is 0 Å². The summed E-state index contributed by atoms with van der Waals surface area (Å²) >= 11 is 0. The Kier molecular flexibility index (Phi) is 6.51. The Morgan fingerprint density at radius 2 is 1.57 bits per heavy atom. The van der Waals surface area contributed by atoms with Crippen molar-refractivity contribution in [3.05, 3.63) is 102 Å². The van der Waals surface area contributed by atoms with Gasteiger partial charge in [0.25, 0.3) is 0 Å². The molecular weight excluding hydrogens is 456 g/mol. The summed E-state index contributed by atoms with van der Waals surface area (Å²) in [7, 11) is 0. The molecular formula is C31H36N6. The summed E-state index contributed by atoms with van der Waals surface area (Å²) < 4.78 is 0. The van der Waals surface area contributed by atoms with E-state index in [1.807, 2.05) is 17.1 Å². The highest BCUT2D eigenvalue weighted by Gasteiger charge is 2.48. The summed E-state index contributed by atoms with van der Waals surface area (Å²) in [6, 6.07) is 18.8. The molecule has 0 amide bonds. The zero-order chi connectivity index (χ0) is 25.2. The highest BCUT2D eigenvalue weighted by molar-refractivity contribution is 5.59. The average Bonchev–Trinajstić information content (AvgIpc) is 2.97. The third-order valence-corrected chi connectivity index (χ3v) is 8.56. The summed E-state index contributed by atoms with van der Waals surface area (Å²) in [5.41, 5.74) is 6.22. The molecule has 7 rings (SSSR count). The van der Waals surface area contributed by atoms with Crippen LogP contribution in [0.1, 0.15) is 53.9 Å². The van der Waals surface area contributed by atoms with E-state index in [1.165, 1.54) is 35.1 Å². The highest BCUT2D eigenvalue weighted by Crippen LogP contribution is 2.55. The number of nitrogens with zero attached hydrogens (tertiary/aromatic N) is 5. The van der Waals surface area contributed by atoms with Crippen molar-refractivity contribution < 1.29 is 0 Å². The molecule has 0 unspecified atom stereocenters. The number of aromatic nitrogens is 3. The third kappa shape index (κ3) is 4.23. The molecule has 0 spiro atoms. The Bertz CT molecular complexity index is 1220. The number of benzene rings is 2. The van der Waals surface area contributed by atoms with Crippen LogP contribution >= 0.6 is 0 Å².